The summed E-state index contributed by atoms with van der Waals surface area (Å²) in [5, 5.41) is 12.2. The minimum Gasteiger partial charge on any atom is -0.393 e. The number of para-hydroxylation sites is 1. The molecule has 2 N–H and O–H groups in total. The molecule has 22 heavy (non-hydrogen) atoms. The van der Waals surface area contributed by atoms with E-state index >= 15 is 0 Å². The summed E-state index contributed by atoms with van der Waals surface area (Å²) in [6, 6.07) is 7.85. The van der Waals surface area contributed by atoms with Crippen molar-refractivity contribution in [1.82, 2.24) is 5.32 Å². The van der Waals surface area contributed by atoms with Crippen LogP contribution in [0.2, 0.25) is 0 Å². The first-order valence-corrected chi connectivity index (χ1v) is 7.95. The summed E-state index contributed by atoms with van der Waals surface area (Å²) in [5.74, 6) is -0.00735. The second-order valence-corrected chi connectivity index (χ2v) is 5.62. The zero-order valence-corrected chi connectivity index (χ0v) is 13.0. The topological polar surface area (TPSA) is 69.6 Å². The molecule has 1 aromatic rings. The Morgan fingerprint density at radius 2 is 2.14 bits per heavy atom. The van der Waals surface area contributed by atoms with Crippen molar-refractivity contribution >= 4 is 17.5 Å². The molecular weight excluding hydrogens is 280 g/mol. The minimum atomic E-state index is -0.365. The molecule has 5 heteroatoms. The molecule has 2 rings (SSSR count). The molecule has 0 spiro atoms. The van der Waals surface area contributed by atoms with Crippen LogP contribution in [0.25, 0.3) is 0 Å². The van der Waals surface area contributed by atoms with Gasteiger partial charge in [0.1, 0.15) is 0 Å². The quantitative estimate of drug-likeness (QED) is 0.804. The van der Waals surface area contributed by atoms with Gasteiger partial charge in [-0.05, 0) is 30.9 Å². The van der Waals surface area contributed by atoms with Crippen LogP contribution < -0.4 is 10.2 Å². The van der Waals surface area contributed by atoms with Gasteiger partial charge in [-0.15, -0.1) is 0 Å². The third-order valence-electron chi connectivity index (χ3n) is 4.03. The molecule has 1 heterocycles. The zero-order valence-electron chi connectivity index (χ0n) is 13.0. The van der Waals surface area contributed by atoms with E-state index in [9.17, 15) is 14.7 Å². The average Bonchev–Trinajstić information content (AvgIpc) is 2.53. The normalized spacial score (nSPS) is 15.4. The number of hydrogen-bond acceptors (Lipinski definition) is 3. The number of aliphatic hydroxyl groups excluding tert-OH is 1. The molecular formula is C17H24N2O3. The summed E-state index contributed by atoms with van der Waals surface area (Å²) in [4.78, 5) is 25.6. The third kappa shape index (κ3) is 4.31. The predicted molar refractivity (Wildman–Crippen MR) is 85.7 cm³/mol. The molecule has 1 aliphatic rings. The average molecular weight is 304 g/mol. The Labute approximate surface area is 131 Å². The Balaban J connectivity index is 1.83. The lowest BCUT2D eigenvalue weighted by Gasteiger charge is -2.29. The highest BCUT2D eigenvalue weighted by Crippen LogP contribution is 2.27. The van der Waals surface area contributed by atoms with Crippen LogP contribution in [-0.4, -0.2) is 36.1 Å². The fourth-order valence-corrected chi connectivity index (χ4v) is 2.63. The maximum atomic E-state index is 12.1. The highest BCUT2D eigenvalue weighted by atomic mass is 16.3. The number of nitrogens with one attached hydrogen (secondary N) is 1. The number of aliphatic hydroxyl groups is 1. The summed E-state index contributed by atoms with van der Waals surface area (Å²) in [5.41, 5.74) is 2.08. The standard InChI is InChI=1S/C17H24N2O3/c1-2-14(20)9-11-18-16(21)10-12-19-15-6-4-3-5-13(15)7-8-17(19)22/h3-6,14,20H,2,7-12H2,1H3,(H,18,21). The van der Waals surface area contributed by atoms with Crippen LogP contribution in [0.5, 0.6) is 0 Å². The number of aryl methyl sites for hydroxylation is 1. The zero-order chi connectivity index (χ0) is 15.9. The van der Waals surface area contributed by atoms with Gasteiger partial charge in [-0.3, -0.25) is 9.59 Å². The summed E-state index contributed by atoms with van der Waals surface area (Å²) < 4.78 is 0. The first-order chi connectivity index (χ1) is 10.6. The monoisotopic (exact) mass is 304 g/mol. The Kier molecular flexibility index (Phi) is 5.95. The molecule has 0 bridgehead atoms. The van der Waals surface area contributed by atoms with Crippen LogP contribution in [0.3, 0.4) is 0 Å². The number of fused-ring (bicyclic) bond motifs is 1. The fraction of sp³-hybridized carbons (Fsp3) is 0.529. The number of benzene rings is 1. The third-order valence-corrected chi connectivity index (χ3v) is 4.03. The van der Waals surface area contributed by atoms with Crippen LogP contribution in [0, 0.1) is 0 Å². The van der Waals surface area contributed by atoms with Crippen LogP contribution in [0.15, 0.2) is 24.3 Å². The van der Waals surface area contributed by atoms with Gasteiger partial charge in [-0.1, -0.05) is 25.1 Å². The van der Waals surface area contributed by atoms with E-state index in [0.29, 0.717) is 32.4 Å². The van der Waals surface area contributed by atoms with Crippen molar-refractivity contribution in [3.8, 4) is 0 Å². The van der Waals surface area contributed by atoms with Crippen molar-refractivity contribution in [2.75, 3.05) is 18.0 Å². The van der Waals surface area contributed by atoms with E-state index < -0.39 is 0 Å². The maximum Gasteiger partial charge on any atom is 0.227 e. The lowest BCUT2D eigenvalue weighted by molar-refractivity contribution is -0.121. The Bertz CT molecular complexity index is 530. The first-order valence-electron chi connectivity index (χ1n) is 7.95. The van der Waals surface area contributed by atoms with E-state index in [4.69, 9.17) is 0 Å². The lowest BCUT2D eigenvalue weighted by atomic mass is 10.0. The molecule has 0 saturated carbocycles. The van der Waals surface area contributed by atoms with Crippen LogP contribution in [0.1, 0.15) is 38.2 Å². The molecule has 0 aliphatic carbocycles. The highest BCUT2D eigenvalue weighted by molar-refractivity contribution is 5.96. The molecule has 5 nitrogen and oxygen atoms in total. The second kappa shape index (κ2) is 7.94. The molecule has 0 radical (unpaired) electrons. The summed E-state index contributed by atoms with van der Waals surface area (Å²) in [7, 11) is 0. The highest BCUT2D eigenvalue weighted by Gasteiger charge is 2.23. The van der Waals surface area contributed by atoms with Gasteiger partial charge in [0.15, 0.2) is 0 Å². The van der Waals surface area contributed by atoms with Crippen LogP contribution in [-0.2, 0) is 16.0 Å². The van der Waals surface area contributed by atoms with Crippen molar-refractivity contribution in [2.45, 2.75) is 45.1 Å². The predicted octanol–water partition coefficient (Wildman–Crippen LogP) is 1.63. The van der Waals surface area contributed by atoms with Crippen molar-refractivity contribution in [1.29, 1.82) is 0 Å². The number of nitrogens with zero attached hydrogens (tertiary/aromatic N) is 1. The number of hydrogen-bond donors (Lipinski definition) is 2. The van der Waals surface area contributed by atoms with Gasteiger partial charge in [0, 0.05) is 31.6 Å². The van der Waals surface area contributed by atoms with Crippen molar-refractivity contribution < 1.29 is 14.7 Å². The molecule has 1 aliphatic heterocycles. The molecule has 2 amide bonds. The molecule has 1 atom stereocenters. The molecule has 1 aromatic carbocycles. The number of carbonyl (C=O) groups is 2. The van der Waals surface area contributed by atoms with Crippen molar-refractivity contribution in [2.24, 2.45) is 0 Å². The molecule has 1 unspecified atom stereocenters. The van der Waals surface area contributed by atoms with Crippen molar-refractivity contribution in [3.63, 3.8) is 0 Å². The van der Waals surface area contributed by atoms with Crippen LogP contribution >= 0.6 is 0 Å². The second-order valence-electron chi connectivity index (χ2n) is 5.62. The maximum absolute atomic E-state index is 12.1. The van der Waals surface area contributed by atoms with Crippen molar-refractivity contribution in [3.05, 3.63) is 29.8 Å². The van der Waals surface area contributed by atoms with Gasteiger partial charge in [-0.25, -0.2) is 0 Å². The van der Waals surface area contributed by atoms with E-state index in [2.05, 4.69) is 5.32 Å². The molecule has 120 valence electrons. The van der Waals surface area contributed by atoms with Gasteiger partial charge in [0.2, 0.25) is 11.8 Å². The van der Waals surface area contributed by atoms with E-state index in [0.717, 1.165) is 17.7 Å². The van der Waals surface area contributed by atoms with Gasteiger partial charge < -0.3 is 15.3 Å². The largest absolute Gasteiger partial charge is 0.393 e. The van der Waals surface area contributed by atoms with Gasteiger partial charge >= 0.3 is 0 Å². The first kappa shape index (κ1) is 16.5. The van der Waals surface area contributed by atoms with E-state index in [-0.39, 0.29) is 24.3 Å². The SMILES string of the molecule is CCC(O)CCNC(=O)CCN1C(=O)CCc2ccccc21. The number of amides is 2. The number of rotatable bonds is 7. The number of anilines is 1. The summed E-state index contributed by atoms with van der Waals surface area (Å²) >= 11 is 0. The van der Waals surface area contributed by atoms with Crippen LogP contribution in [0.4, 0.5) is 5.69 Å². The van der Waals surface area contributed by atoms with E-state index in [1.54, 1.807) is 4.90 Å². The lowest BCUT2D eigenvalue weighted by Crippen LogP contribution is -2.38. The molecule has 0 saturated heterocycles. The molecule has 0 fully saturated rings. The summed E-state index contributed by atoms with van der Waals surface area (Å²) in [6.07, 6.45) is 2.44. The minimum absolute atomic E-state index is 0.0768. The molecule has 0 aromatic heterocycles. The fourth-order valence-electron chi connectivity index (χ4n) is 2.63. The van der Waals surface area contributed by atoms with Gasteiger partial charge in [0.25, 0.3) is 0 Å². The van der Waals surface area contributed by atoms with Gasteiger partial charge in [0.05, 0.1) is 6.10 Å². The smallest absolute Gasteiger partial charge is 0.227 e. The van der Waals surface area contributed by atoms with Gasteiger partial charge in [-0.2, -0.15) is 0 Å². The summed E-state index contributed by atoms with van der Waals surface area (Å²) in [6.45, 7) is 2.78. The Morgan fingerprint density at radius 1 is 1.36 bits per heavy atom. The van der Waals surface area contributed by atoms with E-state index in [1.165, 1.54) is 0 Å². The Hall–Kier alpha value is -1.88. The Morgan fingerprint density at radius 3 is 2.91 bits per heavy atom. The van der Waals surface area contributed by atoms with E-state index in [1.807, 2.05) is 31.2 Å². The number of carbonyl (C=O) groups excluding carboxylic acids is 2.